The van der Waals surface area contributed by atoms with E-state index in [1.807, 2.05) is 6.92 Å². The lowest BCUT2D eigenvalue weighted by atomic mass is 10.1. The molecule has 1 aromatic rings. The van der Waals surface area contributed by atoms with E-state index in [0.717, 1.165) is 6.08 Å². The minimum absolute atomic E-state index is 0.133. The lowest BCUT2D eigenvalue weighted by molar-refractivity contribution is -0.131. The number of carboxylic acids is 1. The number of hydrogen-bond acceptors (Lipinski definition) is 4. The predicted molar refractivity (Wildman–Crippen MR) is 78.5 cm³/mol. The van der Waals surface area contributed by atoms with Gasteiger partial charge in [0.2, 0.25) is 5.91 Å². The van der Waals surface area contributed by atoms with Crippen molar-refractivity contribution in [3.63, 3.8) is 0 Å². The van der Waals surface area contributed by atoms with E-state index in [4.69, 9.17) is 14.6 Å². The summed E-state index contributed by atoms with van der Waals surface area (Å²) in [5.74, 6) is -0.234. The highest BCUT2D eigenvalue weighted by molar-refractivity contribution is 5.86. The van der Waals surface area contributed by atoms with Crippen LogP contribution in [0.25, 0.3) is 6.08 Å². The van der Waals surface area contributed by atoms with Crippen LogP contribution in [0.15, 0.2) is 24.3 Å². The molecule has 0 saturated carbocycles. The Balaban J connectivity index is 2.93. The Kier molecular flexibility index (Phi) is 6.80. The van der Waals surface area contributed by atoms with Crippen LogP contribution in [0.5, 0.6) is 11.5 Å². The number of hydrogen-bond donors (Lipinski definition) is 2. The Morgan fingerprint density at radius 1 is 1.33 bits per heavy atom. The summed E-state index contributed by atoms with van der Waals surface area (Å²) >= 11 is 0. The molecule has 0 bridgehead atoms. The van der Waals surface area contributed by atoms with Crippen molar-refractivity contribution in [2.45, 2.75) is 13.3 Å². The Bertz CT molecular complexity index is 525. The van der Waals surface area contributed by atoms with E-state index in [9.17, 15) is 9.59 Å². The molecular weight excluding hydrogens is 274 g/mol. The van der Waals surface area contributed by atoms with Gasteiger partial charge in [-0.3, -0.25) is 4.79 Å². The number of aliphatic carboxylic acids is 1. The molecular formula is C15H19NO5. The van der Waals surface area contributed by atoms with Gasteiger partial charge in [-0.05, 0) is 19.1 Å². The summed E-state index contributed by atoms with van der Waals surface area (Å²) in [5.41, 5.74) is 0.584. The molecule has 6 heteroatoms. The van der Waals surface area contributed by atoms with Gasteiger partial charge in [-0.25, -0.2) is 4.79 Å². The third-order valence-corrected chi connectivity index (χ3v) is 2.57. The monoisotopic (exact) mass is 293 g/mol. The van der Waals surface area contributed by atoms with E-state index in [0.29, 0.717) is 23.7 Å². The molecule has 0 atom stereocenters. The summed E-state index contributed by atoms with van der Waals surface area (Å²) in [6.45, 7) is 2.48. The average molecular weight is 293 g/mol. The summed E-state index contributed by atoms with van der Waals surface area (Å²) in [5, 5.41) is 11.2. The van der Waals surface area contributed by atoms with Crippen LogP contribution in [0.4, 0.5) is 0 Å². The fraction of sp³-hybridized carbons (Fsp3) is 0.333. The van der Waals surface area contributed by atoms with Crippen molar-refractivity contribution in [2.75, 3.05) is 20.3 Å². The lowest BCUT2D eigenvalue weighted by Gasteiger charge is -2.14. The molecule has 0 aromatic heterocycles. The van der Waals surface area contributed by atoms with Crippen LogP contribution >= 0.6 is 0 Å². The van der Waals surface area contributed by atoms with Crippen LogP contribution in [-0.2, 0) is 9.59 Å². The van der Waals surface area contributed by atoms with E-state index in [-0.39, 0.29) is 18.9 Å². The van der Waals surface area contributed by atoms with Crippen molar-refractivity contribution < 1.29 is 24.2 Å². The van der Waals surface area contributed by atoms with Gasteiger partial charge in [-0.1, -0.05) is 12.1 Å². The highest BCUT2D eigenvalue weighted by Crippen LogP contribution is 2.32. The molecule has 1 rings (SSSR count). The first-order valence-electron chi connectivity index (χ1n) is 6.58. The van der Waals surface area contributed by atoms with Crippen LogP contribution in [0.2, 0.25) is 0 Å². The smallest absolute Gasteiger partial charge is 0.328 e. The van der Waals surface area contributed by atoms with E-state index < -0.39 is 5.97 Å². The molecule has 0 radical (unpaired) electrons. The molecule has 0 aliphatic carbocycles. The number of carbonyl (C=O) groups excluding carboxylic acids is 1. The topological polar surface area (TPSA) is 84.9 Å². The maximum Gasteiger partial charge on any atom is 0.328 e. The number of nitrogens with one attached hydrogen (secondary N) is 1. The van der Waals surface area contributed by atoms with Crippen molar-refractivity contribution in [2.24, 2.45) is 0 Å². The Labute approximate surface area is 123 Å². The molecule has 2 N–H and O–H groups in total. The Hall–Kier alpha value is -2.50. The van der Waals surface area contributed by atoms with Gasteiger partial charge in [0.15, 0.2) is 11.5 Å². The third kappa shape index (κ3) is 5.56. The van der Waals surface area contributed by atoms with Crippen molar-refractivity contribution >= 4 is 18.0 Å². The van der Waals surface area contributed by atoms with Crippen LogP contribution in [-0.4, -0.2) is 37.2 Å². The number of amides is 1. The Morgan fingerprint density at radius 2 is 2.10 bits per heavy atom. The van der Waals surface area contributed by atoms with Gasteiger partial charge in [0.1, 0.15) is 0 Å². The molecule has 1 aromatic carbocycles. The first-order valence-corrected chi connectivity index (χ1v) is 6.58. The van der Waals surface area contributed by atoms with Gasteiger partial charge < -0.3 is 19.9 Å². The number of carboxylic acid groups (broad SMARTS) is 1. The number of rotatable bonds is 8. The lowest BCUT2D eigenvalue weighted by Crippen LogP contribution is -2.20. The highest BCUT2D eigenvalue weighted by Gasteiger charge is 2.10. The molecule has 0 heterocycles. The summed E-state index contributed by atoms with van der Waals surface area (Å²) in [4.78, 5) is 21.8. The molecule has 1 amide bonds. The molecule has 0 unspecified atom stereocenters. The van der Waals surface area contributed by atoms with E-state index in [1.54, 1.807) is 25.2 Å². The quantitative estimate of drug-likeness (QED) is 0.713. The van der Waals surface area contributed by atoms with Crippen molar-refractivity contribution in [1.29, 1.82) is 0 Å². The third-order valence-electron chi connectivity index (χ3n) is 2.57. The number of ether oxygens (including phenoxy) is 2. The standard InChI is InChI=1S/C15H19NO5/c1-3-20-12-6-4-5-11(7-8-14(18)19)15(12)21-10-9-13(17)16-2/h4-8H,3,9-10H2,1-2H3,(H,16,17)(H,18,19). The molecule has 0 aliphatic heterocycles. The van der Waals surface area contributed by atoms with Crippen LogP contribution in [0.1, 0.15) is 18.9 Å². The van der Waals surface area contributed by atoms with Crippen molar-refractivity contribution in [3.8, 4) is 11.5 Å². The zero-order valence-electron chi connectivity index (χ0n) is 12.1. The van der Waals surface area contributed by atoms with E-state index >= 15 is 0 Å². The molecule has 114 valence electrons. The van der Waals surface area contributed by atoms with Gasteiger partial charge in [0.05, 0.1) is 19.6 Å². The second kappa shape index (κ2) is 8.63. The second-order valence-corrected chi connectivity index (χ2v) is 4.05. The number of benzene rings is 1. The zero-order chi connectivity index (χ0) is 15.7. The van der Waals surface area contributed by atoms with Gasteiger partial charge >= 0.3 is 5.97 Å². The number of para-hydroxylation sites is 1. The summed E-state index contributed by atoms with van der Waals surface area (Å²) in [7, 11) is 1.55. The van der Waals surface area contributed by atoms with Crippen molar-refractivity contribution in [3.05, 3.63) is 29.8 Å². The fourth-order valence-corrected chi connectivity index (χ4v) is 1.62. The molecule has 0 fully saturated rings. The van der Waals surface area contributed by atoms with E-state index in [1.165, 1.54) is 6.08 Å². The zero-order valence-corrected chi connectivity index (χ0v) is 12.1. The maximum absolute atomic E-state index is 11.2. The summed E-state index contributed by atoms with van der Waals surface area (Å²) in [6.07, 6.45) is 2.66. The normalized spacial score (nSPS) is 10.4. The minimum atomic E-state index is -1.05. The Morgan fingerprint density at radius 3 is 2.71 bits per heavy atom. The van der Waals surface area contributed by atoms with Crippen molar-refractivity contribution in [1.82, 2.24) is 5.32 Å². The molecule has 0 spiro atoms. The van der Waals surface area contributed by atoms with Crippen LogP contribution < -0.4 is 14.8 Å². The van der Waals surface area contributed by atoms with Gasteiger partial charge in [0, 0.05) is 18.7 Å². The summed E-state index contributed by atoms with van der Waals surface area (Å²) in [6, 6.07) is 5.20. The fourth-order valence-electron chi connectivity index (χ4n) is 1.62. The van der Waals surface area contributed by atoms with Gasteiger partial charge in [-0.15, -0.1) is 0 Å². The van der Waals surface area contributed by atoms with Crippen LogP contribution in [0, 0.1) is 0 Å². The summed E-state index contributed by atoms with van der Waals surface area (Å²) < 4.78 is 11.1. The SMILES string of the molecule is CCOc1cccc(C=CC(=O)O)c1OCCC(=O)NC. The van der Waals surface area contributed by atoms with E-state index in [2.05, 4.69) is 5.32 Å². The average Bonchev–Trinajstić information content (AvgIpc) is 2.47. The molecule has 0 saturated heterocycles. The first kappa shape index (κ1) is 16.6. The predicted octanol–water partition coefficient (Wildman–Crippen LogP) is 1.70. The van der Waals surface area contributed by atoms with Crippen LogP contribution in [0.3, 0.4) is 0 Å². The highest BCUT2D eigenvalue weighted by atomic mass is 16.5. The molecule has 21 heavy (non-hydrogen) atoms. The van der Waals surface area contributed by atoms with Gasteiger partial charge in [-0.2, -0.15) is 0 Å². The first-order chi connectivity index (χ1) is 10.1. The number of carbonyl (C=O) groups is 2. The maximum atomic E-state index is 11.2. The second-order valence-electron chi connectivity index (χ2n) is 4.05. The minimum Gasteiger partial charge on any atom is -0.490 e. The van der Waals surface area contributed by atoms with Gasteiger partial charge in [0.25, 0.3) is 0 Å². The molecule has 0 aliphatic rings. The largest absolute Gasteiger partial charge is 0.490 e. The molecule has 6 nitrogen and oxygen atoms in total.